The highest BCUT2D eigenvalue weighted by Gasteiger charge is 2.16. The van der Waals surface area contributed by atoms with Crippen molar-refractivity contribution in [1.82, 2.24) is 0 Å². The van der Waals surface area contributed by atoms with E-state index in [1.54, 1.807) is 0 Å². The number of para-hydroxylation sites is 1. The minimum atomic E-state index is 0.480. The topological polar surface area (TPSA) is 33.6 Å². The number of nitrogens with zero attached hydrogens (tertiary/aromatic N) is 1. The third-order valence-corrected chi connectivity index (χ3v) is 3.19. The van der Waals surface area contributed by atoms with Gasteiger partial charge in [-0.15, -0.1) is 0 Å². The Morgan fingerprint density at radius 2 is 1.72 bits per heavy atom. The fourth-order valence-electron chi connectivity index (χ4n) is 2.21. The van der Waals surface area contributed by atoms with Gasteiger partial charge in [-0.3, -0.25) is 0 Å². The van der Waals surface area contributed by atoms with Crippen LogP contribution in [0.15, 0.2) is 23.2 Å². The van der Waals surface area contributed by atoms with Crippen molar-refractivity contribution in [2.75, 3.05) is 18.5 Å². The van der Waals surface area contributed by atoms with Crippen LogP contribution < -0.4 is 5.32 Å². The highest BCUT2D eigenvalue weighted by Crippen LogP contribution is 2.32. The van der Waals surface area contributed by atoms with Crippen LogP contribution in [-0.4, -0.2) is 19.2 Å². The van der Waals surface area contributed by atoms with E-state index in [4.69, 9.17) is 4.74 Å². The summed E-state index contributed by atoms with van der Waals surface area (Å²) in [6.45, 7) is 10.3. The van der Waals surface area contributed by atoms with E-state index in [9.17, 15) is 0 Å². The van der Waals surface area contributed by atoms with Crippen LogP contribution in [0.1, 0.15) is 50.7 Å². The third kappa shape index (κ3) is 2.66. The van der Waals surface area contributed by atoms with Gasteiger partial charge in [0.15, 0.2) is 0 Å². The molecule has 0 fully saturated rings. The fourth-order valence-corrected chi connectivity index (χ4v) is 2.21. The molecular formula is C15H22N2O. The average molecular weight is 246 g/mol. The predicted molar refractivity (Wildman–Crippen MR) is 76.5 cm³/mol. The first-order valence-electron chi connectivity index (χ1n) is 6.66. The van der Waals surface area contributed by atoms with Gasteiger partial charge in [-0.2, -0.15) is 0 Å². The maximum absolute atomic E-state index is 5.47. The maximum Gasteiger partial charge on any atom is 0.289 e. The summed E-state index contributed by atoms with van der Waals surface area (Å²) in [6.07, 6.45) is 0. The van der Waals surface area contributed by atoms with Gasteiger partial charge >= 0.3 is 0 Å². The van der Waals surface area contributed by atoms with Crippen molar-refractivity contribution in [3.63, 3.8) is 0 Å². The van der Waals surface area contributed by atoms with Crippen molar-refractivity contribution in [3.05, 3.63) is 29.3 Å². The van der Waals surface area contributed by atoms with Crippen LogP contribution in [0.3, 0.4) is 0 Å². The zero-order valence-corrected chi connectivity index (χ0v) is 11.7. The van der Waals surface area contributed by atoms with E-state index in [-0.39, 0.29) is 0 Å². The third-order valence-electron chi connectivity index (χ3n) is 3.19. The molecule has 0 bridgehead atoms. The molecule has 18 heavy (non-hydrogen) atoms. The summed E-state index contributed by atoms with van der Waals surface area (Å²) in [6, 6.07) is 7.14. The highest BCUT2D eigenvalue weighted by molar-refractivity contribution is 5.91. The second kappa shape index (κ2) is 5.42. The number of benzene rings is 1. The van der Waals surface area contributed by atoms with Crippen LogP contribution in [0.25, 0.3) is 0 Å². The molecule has 1 N–H and O–H groups in total. The first-order chi connectivity index (χ1) is 8.59. The van der Waals surface area contributed by atoms with Gasteiger partial charge in [-0.1, -0.05) is 45.9 Å². The van der Waals surface area contributed by atoms with Crippen molar-refractivity contribution in [2.45, 2.75) is 39.5 Å². The first-order valence-corrected chi connectivity index (χ1v) is 6.66. The molecule has 0 radical (unpaired) electrons. The van der Waals surface area contributed by atoms with Gasteiger partial charge in [0.1, 0.15) is 6.61 Å². The molecule has 1 aromatic carbocycles. The van der Waals surface area contributed by atoms with Gasteiger partial charge in [-0.05, 0) is 23.0 Å². The van der Waals surface area contributed by atoms with Crippen molar-refractivity contribution < 1.29 is 4.74 Å². The van der Waals surface area contributed by atoms with E-state index in [0.717, 1.165) is 6.54 Å². The van der Waals surface area contributed by atoms with Gasteiger partial charge in [0, 0.05) is 5.69 Å². The predicted octanol–water partition coefficient (Wildman–Crippen LogP) is 3.73. The summed E-state index contributed by atoms with van der Waals surface area (Å²) < 4.78 is 5.47. The van der Waals surface area contributed by atoms with Crippen molar-refractivity contribution >= 4 is 11.7 Å². The summed E-state index contributed by atoms with van der Waals surface area (Å²) in [5.41, 5.74) is 3.81. The van der Waals surface area contributed by atoms with E-state index in [0.29, 0.717) is 24.5 Å². The second-order valence-corrected chi connectivity index (χ2v) is 5.28. The quantitative estimate of drug-likeness (QED) is 0.881. The molecule has 1 aliphatic heterocycles. The molecular weight excluding hydrogens is 224 g/mol. The van der Waals surface area contributed by atoms with E-state index < -0.39 is 0 Å². The van der Waals surface area contributed by atoms with Crippen LogP contribution in [0.4, 0.5) is 5.69 Å². The summed E-state index contributed by atoms with van der Waals surface area (Å²) in [4.78, 5) is 4.32. The Hall–Kier alpha value is -1.51. The molecule has 0 amide bonds. The molecule has 1 aliphatic rings. The highest BCUT2D eigenvalue weighted by atomic mass is 16.5. The molecule has 1 aromatic rings. The molecule has 0 aliphatic carbocycles. The molecule has 3 heteroatoms. The number of rotatable bonds is 3. The number of hydrogen-bond acceptors (Lipinski definition) is 3. The Morgan fingerprint density at radius 1 is 1.11 bits per heavy atom. The van der Waals surface area contributed by atoms with Gasteiger partial charge in [0.2, 0.25) is 0 Å². The molecule has 98 valence electrons. The smallest absolute Gasteiger partial charge is 0.289 e. The number of ether oxygens (including phenoxy) is 1. The summed E-state index contributed by atoms with van der Waals surface area (Å²) >= 11 is 0. The average Bonchev–Trinajstić information content (AvgIpc) is 2.81. The monoisotopic (exact) mass is 246 g/mol. The fraction of sp³-hybridized carbons (Fsp3) is 0.533. The van der Waals surface area contributed by atoms with E-state index >= 15 is 0 Å². The van der Waals surface area contributed by atoms with Crippen molar-refractivity contribution in [2.24, 2.45) is 4.99 Å². The normalized spacial score (nSPS) is 14.9. The lowest BCUT2D eigenvalue weighted by molar-refractivity contribution is 0.346. The maximum atomic E-state index is 5.47. The SMILES string of the molecule is CC(C)c1cccc(C(C)C)c1NC1=NCCO1. The molecule has 2 rings (SSSR count). The van der Waals surface area contributed by atoms with E-state index in [1.807, 2.05) is 0 Å². The van der Waals surface area contributed by atoms with Gasteiger partial charge in [0.05, 0.1) is 6.54 Å². The molecule has 0 atom stereocenters. The minimum absolute atomic E-state index is 0.480. The van der Waals surface area contributed by atoms with Gasteiger partial charge in [0.25, 0.3) is 6.02 Å². The Morgan fingerprint density at radius 3 is 2.17 bits per heavy atom. The Labute approximate surface area is 109 Å². The molecule has 0 spiro atoms. The Bertz CT molecular complexity index is 424. The second-order valence-electron chi connectivity index (χ2n) is 5.28. The summed E-state index contributed by atoms with van der Waals surface area (Å²) in [5, 5.41) is 3.37. The lowest BCUT2D eigenvalue weighted by atomic mass is 9.93. The zero-order valence-electron chi connectivity index (χ0n) is 11.7. The van der Waals surface area contributed by atoms with Gasteiger partial charge < -0.3 is 10.1 Å². The lowest BCUT2D eigenvalue weighted by Crippen LogP contribution is -2.15. The number of nitrogens with one attached hydrogen (secondary N) is 1. The minimum Gasteiger partial charge on any atom is -0.463 e. The lowest BCUT2D eigenvalue weighted by Gasteiger charge is -2.20. The van der Waals surface area contributed by atoms with E-state index in [2.05, 4.69) is 56.2 Å². The van der Waals surface area contributed by atoms with E-state index in [1.165, 1.54) is 16.8 Å². The standard InChI is InChI=1S/C15H22N2O/c1-10(2)12-6-5-7-13(11(3)4)14(12)17-15-16-8-9-18-15/h5-7,10-11H,8-9H2,1-4H3,(H,16,17). The Kier molecular flexibility index (Phi) is 3.90. The molecule has 1 heterocycles. The first kappa shape index (κ1) is 12.9. The van der Waals surface area contributed by atoms with Crippen molar-refractivity contribution in [1.29, 1.82) is 0 Å². The largest absolute Gasteiger partial charge is 0.463 e. The van der Waals surface area contributed by atoms with Crippen LogP contribution in [0, 0.1) is 0 Å². The Balaban J connectivity index is 2.39. The number of anilines is 1. The van der Waals surface area contributed by atoms with Crippen molar-refractivity contribution in [3.8, 4) is 0 Å². The van der Waals surface area contributed by atoms with Crippen LogP contribution in [-0.2, 0) is 4.74 Å². The molecule has 0 saturated heterocycles. The molecule has 0 aromatic heterocycles. The summed E-state index contributed by atoms with van der Waals surface area (Å²) in [5.74, 6) is 0.960. The molecule has 3 nitrogen and oxygen atoms in total. The number of aliphatic imine (C=N–C) groups is 1. The zero-order chi connectivity index (χ0) is 13.1. The molecule has 0 saturated carbocycles. The van der Waals surface area contributed by atoms with Crippen LogP contribution in [0.5, 0.6) is 0 Å². The van der Waals surface area contributed by atoms with Crippen LogP contribution in [0.2, 0.25) is 0 Å². The van der Waals surface area contributed by atoms with Gasteiger partial charge in [-0.25, -0.2) is 4.99 Å². The van der Waals surface area contributed by atoms with Crippen LogP contribution >= 0.6 is 0 Å². The summed E-state index contributed by atoms with van der Waals surface area (Å²) in [7, 11) is 0. The number of amidine groups is 1. The number of hydrogen-bond donors (Lipinski definition) is 1. The molecule has 0 unspecified atom stereocenters.